The number of pyridine rings is 1. The van der Waals surface area contributed by atoms with Crippen LogP contribution < -0.4 is 14.5 Å². The van der Waals surface area contributed by atoms with Crippen molar-refractivity contribution in [2.24, 2.45) is 0 Å². The molecule has 1 aliphatic rings. The van der Waals surface area contributed by atoms with Crippen molar-refractivity contribution < 1.29 is 9.84 Å². The van der Waals surface area contributed by atoms with Crippen LogP contribution in [0.25, 0.3) is 5.65 Å². The number of nitrogens with zero attached hydrogens (tertiary/aromatic N) is 6. The summed E-state index contributed by atoms with van der Waals surface area (Å²) >= 11 is 0. The van der Waals surface area contributed by atoms with Gasteiger partial charge in [0.25, 0.3) is 0 Å². The standard InChI is InChI=1S/C21H28N6O2/c1-3-16-14-22-27-20(24(2)18-8-6-10-25(29)15-18)13-19(23-21(16)27)26-11-5-4-7-17(26)9-12-28/h6,8,10,13-15,17,28H,3-5,7,9,11-12H2,1-2H3/t17-/m0/s1. The molecule has 4 rings (SSSR count). The highest BCUT2D eigenvalue weighted by molar-refractivity contribution is 5.67. The van der Waals surface area contributed by atoms with Gasteiger partial charge >= 0.3 is 0 Å². The monoisotopic (exact) mass is 396 g/mol. The molecule has 3 aromatic heterocycles. The predicted molar refractivity (Wildman–Crippen MR) is 113 cm³/mol. The number of fused-ring (bicyclic) bond motifs is 1. The lowest BCUT2D eigenvalue weighted by molar-refractivity contribution is -0.604. The van der Waals surface area contributed by atoms with Gasteiger partial charge in [0, 0.05) is 43.9 Å². The van der Waals surface area contributed by atoms with Gasteiger partial charge in [-0.25, -0.2) is 4.98 Å². The van der Waals surface area contributed by atoms with E-state index >= 15 is 0 Å². The van der Waals surface area contributed by atoms with E-state index in [-0.39, 0.29) is 12.6 Å². The predicted octanol–water partition coefficient (Wildman–Crippen LogP) is 2.43. The third kappa shape index (κ3) is 3.72. The average molecular weight is 396 g/mol. The van der Waals surface area contributed by atoms with Crippen molar-refractivity contribution in [3.63, 3.8) is 0 Å². The average Bonchev–Trinajstić information content (AvgIpc) is 3.16. The Labute approximate surface area is 170 Å². The molecule has 1 fully saturated rings. The molecule has 0 unspecified atom stereocenters. The Morgan fingerprint density at radius 2 is 2.24 bits per heavy atom. The van der Waals surface area contributed by atoms with E-state index in [1.54, 1.807) is 12.3 Å². The van der Waals surface area contributed by atoms with Crippen LogP contribution in [-0.4, -0.2) is 45.9 Å². The van der Waals surface area contributed by atoms with Gasteiger partial charge < -0.3 is 20.1 Å². The Balaban J connectivity index is 1.84. The molecule has 29 heavy (non-hydrogen) atoms. The van der Waals surface area contributed by atoms with Crippen LogP contribution in [0, 0.1) is 5.21 Å². The first-order chi connectivity index (χ1) is 14.1. The maximum absolute atomic E-state index is 11.8. The number of hydrogen-bond acceptors (Lipinski definition) is 6. The van der Waals surface area contributed by atoms with Crippen molar-refractivity contribution in [2.45, 2.75) is 45.1 Å². The number of aliphatic hydroxyl groups excluding tert-OH is 1. The van der Waals surface area contributed by atoms with Crippen LogP contribution in [-0.2, 0) is 6.42 Å². The van der Waals surface area contributed by atoms with Crippen LogP contribution in [0.1, 0.15) is 38.2 Å². The Bertz CT molecular complexity index is 986. The van der Waals surface area contributed by atoms with E-state index in [9.17, 15) is 10.3 Å². The molecular weight excluding hydrogens is 368 g/mol. The highest BCUT2D eigenvalue weighted by atomic mass is 16.5. The van der Waals surface area contributed by atoms with E-state index in [4.69, 9.17) is 4.98 Å². The molecular formula is C21H28N6O2. The molecule has 1 saturated heterocycles. The molecule has 8 nitrogen and oxygen atoms in total. The van der Waals surface area contributed by atoms with Crippen molar-refractivity contribution in [1.82, 2.24) is 14.6 Å². The van der Waals surface area contributed by atoms with Gasteiger partial charge in [0.05, 0.1) is 6.20 Å². The van der Waals surface area contributed by atoms with Crippen molar-refractivity contribution >= 4 is 23.0 Å². The molecule has 3 aromatic rings. The molecule has 1 aliphatic heterocycles. The zero-order valence-electron chi connectivity index (χ0n) is 17.0. The molecule has 8 heteroatoms. The van der Waals surface area contributed by atoms with Gasteiger partial charge in [-0.15, -0.1) is 0 Å². The molecule has 4 heterocycles. The summed E-state index contributed by atoms with van der Waals surface area (Å²) in [6.07, 6.45) is 9.83. The fourth-order valence-electron chi connectivity index (χ4n) is 4.14. The van der Waals surface area contributed by atoms with Gasteiger partial charge in [0.1, 0.15) is 17.3 Å². The highest BCUT2D eigenvalue weighted by Crippen LogP contribution is 2.31. The van der Waals surface area contributed by atoms with Crippen molar-refractivity contribution in [1.29, 1.82) is 0 Å². The third-order valence-electron chi connectivity index (χ3n) is 5.77. The number of piperidine rings is 1. The molecule has 0 radical (unpaired) electrons. The summed E-state index contributed by atoms with van der Waals surface area (Å²) < 4.78 is 2.64. The Morgan fingerprint density at radius 3 is 3.00 bits per heavy atom. The summed E-state index contributed by atoms with van der Waals surface area (Å²) in [4.78, 5) is 9.25. The summed E-state index contributed by atoms with van der Waals surface area (Å²) in [6, 6.07) is 5.97. The molecule has 154 valence electrons. The molecule has 0 bridgehead atoms. The number of aliphatic hydroxyl groups is 1. The maximum atomic E-state index is 11.8. The number of anilines is 3. The Hall–Kier alpha value is -2.87. The topological polar surface area (TPSA) is 83.8 Å². The number of hydrogen-bond donors (Lipinski definition) is 1. The molecule has 0 aliphatic carbocycles. The Kier molecular flexibility index (Phi) is 5.53. The molecule has 1 N–H and O–H groups in total. The van der Waals surface area contributed by atoms with Crippen molar-refractivity contribution in [3.8, 4) is 0 Å². The minimum atomic E-state index is 0.177. The van der Waals surface area contributed by atoms with Crippen LogP contribution in [0.5, 0.6) is 0 Å². The molecule has 0 amide bonds. The van der Waals surface area contributed by atoms with Crippen LogP contribution in [0.3, 0.4) is 0 Å². The largest absolute Gasteiger partial charge is 0.619 e. The second-order valence-electron chi connectivity index (χ2n) is 7.57. The zero-order chi connectivity index (χ0) is 20.4. The van der Waals surface area contributed by atoms with Gasteiger partial charge in [-0.05, 0) is 38.2 Å². The molecule has 0 aromatic carbocycles. The SMILES string of the molecule is CCc1cnn2c(N(C)c3ccc[n+]([O-])c3)cc(N3CCCC[C@H]3CCO)nc12. The van der Waals surface area contributed by atoms with Gasteiger partial charge in [0.15, 0.2) is 11.8 Å². The summed E-state index contributed by atoms with van der Waals surface area (Å²) in [5, 5.41) is 25.9. The Morgan fingerprint density at radius 1 is 1.38 bits per heavy atom. The third-order valence-corrected chi connectivity index (χ3v) is 5.77. The quantitative estimate of drug-likeness (QED) is 0.509. The number of aryl methyl sites for hydroxylation is 1. The van der Waals surface area contributed by atoms with Gasteiger partial charge in [-0.2, -0.15) is 14.3 Å². The smallest absolute Gasteiger partial charge is 0.204 e. The lowest BCUT2D eigenvalue weighted by Crippen LogP contribution is -2.41. The maximum Gasteiger partial charge on any atom is 0.204 e. The van der Waals surface area contributed by atoms with E-state index in [2.05, 4.69) is 16.9 Å². The van der Waals surface area contributed by atoms with Gasteiger partial charge in [-0.3, -0.25) is 0 Å². The first-order valence-corrected chi connectivity index (χ1v) is 10.3. The lowest BCUT2D eigenvalue weighted by atomic mass is 9.99. The van der Waals surface area contributed by atoms with Crippen LogP contribution in [0.2, 0.25) is 0 Å². The van der Waals surface area contributed by atoms with Crippen LogP contribution >= 0.6 is 0 Å². The summed E-state index contributed by atoms with van der Waals surface area (Å²) in [6.45, 7) is 3.21. The zero-order valence-corrected chi connectivity index (χ0v) is 17.0. The lowest BCUT2D eigenvalue weighted by Gasteiger charge is -2.37. The summed E-state index contributed by atoms with van der Waals surface area (Å²) in [5.74, 6) is 1.75. The fraction of sp³-hybridized carbons (Fsp3) is 0.476. The number of aromatic nitrogens is 4. The van der Waals surface area contributed by atoms with E-state index in [1.807, 2.05) is 34.8 Å². The van der Waals surface area contributed by atoms with Crippen LogP contribution in [0.4, 0.5) is 17.3 Å². The fourth-order valence-corrected chi connectivity index (χ4v) is 4.14. The molecule has 1 atom stereocenters. The van der Waals surface area contributed by atoms with E-state index in [0.717, 1.165) is 65.5 Å². The first-order valence-electron chi connectivity index (χ1n) is 10.3. The van der Waals surface area contributed by atoms with Crippen molar-refractivity contribution in [3.05, 3.63) is 47.6 Å². The second-order valence-corrected chi connectivity index (χ2v) is 7.57. The number of rotatable bonds is 6. The summed E-state index contributed by atoms with van der Waals surface area (Å²) in [7, 11) is 1.93. The van der Waals surface area contributed by atoms with Crippen LogP contribution in [0.15, 0.2) is 36.8 Å². The van der Waals surface area contributed by atoms with Gasteiger partial charge in [-0.1, -0.05) is 6.92 Å². The van der Waals surface area contributed by atoms with Crippen molar-refractivity contribution in [2.75, 3.05) is 30.0 Å². The minimum absolute atomic E-state index is 0.177. The molecule has 0 spiro atoms. The van der Waals surface area contributed by atoms with Gasteiger partial charge in [0.2, 0.25) is 6.20 Å². The van der Waals surface area contributed by atoms with E-state index in [0.29, 0.717) is 0 Å². The normalized spacial score (nSPS) is 17.1. The molecule has 0 saturated carbocycles. The second kappa shape index (κ2) is 8.24. The minimum Gasteiger partial charge on any atom is -0.619 e. The first kappa shape index (κ1) is 19.4. The summed E-state index contributed by atoms with van der Waals surface area (Å²) in [5.41, 5.74) is 2.70. The van der Waals surface area contributed by atoms with E-state index < -0.39 is 0 Å². The highest BCUT2D eigenvalue weighted by Gasteiger charge is 2.25. The van der Waals surface area contributed by atoms with E-state index in [1.165, 1.54) is 12.6 Å².